The monoisotopic (exact) mass is 1320 g/mol. The summed E-state index contributed by atoms with van der Waals surface area (Å²) in [5, 5.41) is 24.4. The normalized spacial score (nSPS) is 12.0. The third-order valence-electron chi connectivity index (χ3n) is 21.8. The number of para-hydroxylation sites is 10. The van der Waals surface area contributed by atoms with Crippen LogP contribution in [0.2, 0.25) is 0 Å². The fourth-order valence-corrected chi connectivity index (χ4v) is 17.4. The lowest BCUT2D eigenvalue weighted by atomic mass is 9.99. The van der Waals surface area contributed by atoms with Crippen LogP contribution in [-0.2, 0) is 0 Å². The quantitative estimate of drug-likeness (QED) is 0.145. The highest BCUT2D eigenvalue weighted by molar-refractivity contribution is 6.18. The molecule has 0 aliphatic heterocycles. The van der Waals surface area contributed by atoms with Gasteiger partial charge in [-0.15, -0.1) is 0 Å². The summed E-state index contributed by atoms with van der Waals surface area (Å²) in [4.78, 5) is 6.59. The Morgan fingerprint density at radius 2 is 0.433 bits per heavy atom. The second-order valence-corrected chi connectivity index (χ2v) is 27.3. The van der Waals surface area contributed by atoms with E-state index < -0.39 is 0 Å². The smallest absolute Gasteiger partial charge is 0.165 e. The second-order valence-electron chi connectivity index (χ2n) is 27.3. The van der Waals surface area contributed by atoms with E-state index in [-0.39, 0.29) is 0 Å². The van der Waals surface area contributed by atoms with Gasteiger partial charge < -0.3 is 18.3 Å². The van der Waals surface area contributed by atoms with Crippen LogP contribution in [0.1, 0.15) is 5.56 Å². The van der Waals surface area contributed by atoms with Crippen LogP contribution in [0.5, 0.6) is 0 Å². The maximum absolute atomic E-state index is 10.7. The van der Waals surface area contributed by atoms with Gasteiger partial charge in [-0.25, -0.2) is 4.98 Å². The predicted octanol–water partition coefficient (Wildman–Crippen LogP) is 24.5. The van der Waals surface area contributed by atoms with Gasteiger partial charge in [0, 0.05) is 81.6 Å². The molecule has 7 heterocycles. The number of rotatable bonds is 9. The molecule has 0 saturated heterocycles. The van der Waals surface area contributed by atoms with Crippen LogP contribution < -0.4 is 0 Å². The lowest BCUT2D eigenvalue weighted by Gasteiger charge is -2.27. The summed E-state index contributed by atoms with van der Waals surface area (Å²) in [5.74, 6) is 1.46. The molecule has 7 aromatic heterocycles. The third kappa shape index (κ3) is 8.32. The van der Waals surface area contributed by atoms with E-state index in [0.29, 0.717) is 5.56 Å². The summed E-state index contributed by atoms with van der Waals surface area (Å²) >= 11 is 0. The highest BCUT2D eigenvalue weighted by atomic mass is 15.2. The molecule has 0 radical (unpaired) electrons. The Labute approximate surface area is 596 Å². The zero-order chi connectivity index (χ0) is 68.3. The van der Waals surface area contributed by atoms with Gasteiger partial charge in [0.05, 0.1) is 77.8 Å². The Bertz CT molecular complexity index is 6890. The summed E-state index contributed by atoms with van der Waals surface area (Å²) < 4.78 is 14.6. The van der Waals surface area contributed by atoms with E-state index in [2.05, 4.69) is 373 Å². The number of nitriles is 1. The van der Waals surface area contributed by atoms with Gasteiger partial charge in [-0.1, -0.05) is 218 Å². The second kappa shape index (κ2) is 22.4. The predicted molar refractivity (Wildman–Crippen MR) is 431 cm³/mol. The van der Waals surface area contributed by atoms with Crippen LogP contribution in [0.3, 0.4) is 0 Å². The van der Waals surface area contributed by atoms with E-state index in [1.807, 2.05) is 12.1 Å². The van der Waals surface area contributed by atoms with Crippen molar-refractivity contribution in [2.75, 3.05) is 0 Å². The average molecular weight is 1320 g/mol. The summed E-state index contributed by atoms with van der Waals surface area (Å²) in [7, 11) is 0. The third-order valence-corrected chi connectivity index (χ3v) is 21.8. The molecule has 104 heavy (non-hydrogen) atoms. The Morgan fingerprint density at radius 3 is 0.731 bits per heavy atom. The van der Waals surface area contributed by atoms with Crippen molar-refractivity contribution >= 4 is 131 Å². The number of hydrogen-bond acceptors (Lipinski definition) is 2. The van der Waals surface area contributed by atoms with E-state index in [9.17, 15) is 5.26 Å². The first-order valence-electron chi connectivity index (χ1n) is 35.4. The maximum Gasteiger partial charge on any atom is 0.165 e. The minimum atomic E-state index is 0.568. The molecule has 0 atom stereocenters. The van der Waals surface area contributed by atoms with Crippen molar-refractivity contribution < 1.29 is 0 Å². The largest absolute Gasteiger partial charge is 0.309 e. The van der Waals surface area contributed by atoms with Crippen molar-refractivity contribution in [2.24, 2.45) is 0 Å². The van der Waals surface area contributed by atoms with E-state index in [1.54, 1.807) is 0 Å². The number of aromatic nitrogens is 7. The number of pyridine rings is 1. The van der Waals surface area contributed by atoms with Crippen LogP contribution in [0.4, 0.5) is 0 Å². The van der Waals surface area contributed by atoms with Gasteiger partial charge in [0.25, 0.3) is 0 Å². The number of nitrogens with zero attached hydrogens (tertiary/aromatic N) is 8. The van der Waals surface area contributed by atoms with Crippen LogP contribution in [-0.4, -0.2) is 32.4 Å². The lowest BCUT2D eigenvalue weighted by Crippen LogP contribution is -2.16. The van der Waals surface area contributed by atoms with Gasteiger partial charge >= 0.3 is 0 Å². The first-order chi connectivity index (χ1) is 51.6. The van der Waals surface area contributed by atoms with Crippen molar-refractivity contribution in [1.29, 1.82) is 5.26 Å². The molecule has 0 amide bonds. The Morgan fingerprint density at radius 1 is 0.202 bits per heavy atom. The van der Waals surface area contributed by atoms with Crippen LogP contribution in [0.15, 0.2) is 352 Å². The molecule has 0 aliphatic rings. The average Bonchev–Trinajstić information content (AvgIpc) is 1.48. The summed E-state index contributed by atoms with van der Waals surface area (Å²) in [6.07, 6.45) is 0. The van der Waals surface area contributed by atoms with E-state index in [0.717, 1.165) is 166 Å². The van der Waals surface area contributed by atoms with Crippen molar-refractivity contribution in [3.05, 3.63) is 357 Å². The number of benzene rings is 15. The highest BCUT2D eigenvalue weighted by Crippen LogP contribution is 2.50. The Hall–Kier alpha value is -14.3. The SMILES string of the molecule is N#Cc1ccc(-c2c(-n3c4ccccc4c4ccccc43)c(-n3c4ccccc4c4cc(-c5ccc6c(c5)c5ccccc5n6-c5ccccc5)ccc43)nc(-n3c4ccccc4c4cc(-c5ccc6c(c5)c5ccccc5n6-c5ccccc5)ccc43)c2-n2c3ccccc3c3ccccc32)cc1. The molecular weight excluding hydrogens is 1270 g/mol. The van der Waals surface area contributed by atoms with Gasteiger partial charge in [0.1, 0.15) is 11.4 Å². The van der Waals surface area contributed by atoms with Crippen molar-refractivity contribution in [1.82, 2.24) is 32.4 Å². The minimum absolute atomic E-state index is 0.568. The van der Waals surface area contributed by atoms with Crippen molar-refractivity contribution in [3.63, 3.8) is 0 Å². The van der Waals surface area contributed by atoms with Crippen molar-refractivity contribution in [2.45, 2.75) is 0 Å². The zero-order valence-electron chi connectivity index (χ0n) is 56.1. The van der Waals surface area contributed by atoms with Crippen LogP contribution in [0.25, 0.3) is 199 Å². The molecule has 0 spiro atoms. The summed E-state index contributed by atoms with van der Waals surface area (Å²) in [6.45, 7) is 0. The standard InChI is InChI=1S/C96H58N8/c97-59-60-43-45-61(46-44-60)92-93(101-82-37-17-7-27-68(82)69-28-8-18-38-83(69)101)95(103-86-41-21-13-33-74(86)78-57-64(49-53-90(78)103)62-47-51-88-76(55-62)72-31-11-15-35-80(72)99(88)66-23-3-1-4-24-66)98-96(94(92)102-84-39-19-9-29-70(84)71-30-10-20-40-85(71)102)104-87-42-22-14-34-75(87)79-58-65(50-54-91(79)104)63-48-52-89-77(56-63)73-32-12-16-36-81(73)100(89)67-25-5-2-6-26-67/h1-58H. The van der Waals surface area contributed by atoms with Crippen LogP contribution >= 0.6 is 0 Å². The molecule has 0 aliphatic carbocycles. The molecule has 15 aromatic carbocycles. The highest BCUT2D eigenvalue weighted by Gasteiger charge is 2.33. The molecule has 22 rings (SSSR count). The van der Waals surface area contributed by atoms with E-state index in [4.69, 9.17) is 4.98 Å². The molecular formula is C96H58N8. The summed E-state index contributed by atoms with van der Waals surface area (Å²) in [5.41, 5.74) is 23.7. The lowest BCUT2D eigenvalue weighted by molar-refractivity contribution is 0.961. The molecule has 0 unspecified atom stereocenters. The maximum atomic E-state index is 10.7. The molecule has 8 heteroatoms. The van der Waals surface area contributed by atoms with Gasteiger partial charge in [0.15, 0.2) is 11.6 Å². The first kappa shape index (κ1) is 57.6. The molecule has 8 nitrogen and oxygen atoms in total. The summed E-state index contributed by atoms with van der Waals surface area (Å²) in [6, 6.07) is 130. The minimum Gasteiger partial charge on any atom is -0.309 e. The van der Waals surface area contributed by atoms with Crippen molar-refractivity contribution in [3.8, 4) is 73.8 Å². The molecule has 0 saturated carbocycles. The van der Waals surface area contributed by atoms with Gasteiger partial charge in [0.2, 0.25) is 0 Å². The molecule has 482 valence electrons. The molecule has 22 aromatic rings. The Kier molecular flexibility index (Phi) is 12.4. The van der Waals surface area contributed by atoms with Crippen LogP contribution in [0, 0.1) is 11.3 Å². The fourth-order valence-electron chi connectivity index (χ4n) is 17.4. The topological polar surface area (TPSA) is 66.3 Å². The number of hydrogen-bond donors (Lipinski definition) is 0. The van der Waals surface area contributed by atoms with Gasteiger partial charge in [-0.2, -0.15) is 5.26 Å². The van der Waals surface area contributed by atoms with E-state index >= 15 is 0 Å². The zero-order valence-corrected chi connectivity index (χ0v) is 56.1. The molecule has 0 N–H and O–H groups in total. The first-order valence-corrected chi connectivity index (χ1v) is 35.4. The van der Waals surface area contributed by atoms with E-state index in [1.165, 1.54) is 32.6 Å². The van der Waals surface area contributed by atoms with Gasteiger partial charge in [-0.3, -0.25) is 9.13 Å². The molecule has 0 fully saturated rings. The Balaban J connectivity index is 0.878. The van der Waals surface area contributed by atoms with Gasteiger partial charge in [-0.05, 0) is 161 Å². The fraction of sp³-hybridized carbons (Fsp3) is 0. The number of fused-ring (bicyclic) bond motifs is 18. The molecule has 0 bridgehead atoms.